The summed E-state index contributed by atoms with van der Waals surface area (Å²) in [6.45, 7) is 8.44. The maximum absolute atomic E-state index is 4.89. The van der Waals surface area contributed by atoms with Crippen molar-refractivity contribution in [3.8, 4) is 0 Å². The van der Waals surface area contributed by atoms with E-state index in [1.807, 2.05) is 36.4 Å². The normalized spacial score (nSPS) is 9.85. The van der Waals surface area contributed by atoms with Gasteiger partial charge in [-0.3, -0.25) is 0 Å². The van der Waals surface area contributed by atoms with Gasteiger partial charge in [0.2, 0.25) is 0 Å². The number of hydrogen-bond acceptors (Lipinski definition) is 0. The van der Waals surface area contributed by atoms with Gasteiger partial charge in [-0.2, -0.15) is 11.4 Å². The van der Waals surface area contributed by atoms with E-state index in [1.165, 1.54) is 22.3 Å². The first-order valence-electron chi connectivity index (χ1n) is 8.59. The van der Waals surface area contributed by atoms with E-state index in [2.05, 4.69) is 52.0 Å². The zero-order valence-electron chi connectivity index (χ0n) is 15.9. The zero-order valence-corrected chi connectivity index (χ0v) is 19.0. The molecule has 0 atom stereocenters. The average molecular weight is 433 g/mol. The number of halogens is 2. The second-order valence-corrected chi connectivity index (χ2v) is 8.80. The first-order chi connectivity index (χ1) is 13.0. The molecule has 0 heterocycles. The molecule has 0 saturated carbocycles. The van der Waals surface area contributed by atoms with E-state index < -0.39 is 17.0 Å². The van der Waals surface area contributed by atoms with Gasteiger partial charge in [0.05, 0.1) is 0 Å². The van der Waals surface area contributed by atoms with Crippen LogP contribution in [0.15, 0.2) is 60.7 Å². The Labute approximate surface area is 179 Å². The van der Waals surface area contributed by atoms with Crippen LogP contribution in [-0.4, -0.2) is 0 Å². The summed E-state index contributed by atoms with van der Waals surface area (Å²) in [5.41, 5.74) is 8.70. The summed E-state index contributed by atoms with van der Waals surface area (Å²) in [7, 11) is 9.78. The van der Waals surface area contributed by atoms with Crippen LogP contribution in [0.2, 0.25) is 0 Å². The molecule has 140 valence electrons. The quantitative estimate of drug-likeness (QED) is 0.368. The molecule has 0 fully saturated rings. The fourth-order valence-corrected chi connectivity index (χ4v) is 2.63. The number of rotatable bonds is 4. The van der Waals surface area contributed by atoms with E-state index in [9.17, 15) is 0 Å². The SMILES string of the molecule is Cc1cccc([N-]c2ccccc2[N-]c2cccc(C)c2C)c1C.[Cl][Ti][Cl]. The van der Waals surface area contributed by atoms with E-state index in [4.69, 9.17) is 29.2 Å². The van der Waals surface area contributed by atoms with Crippen LogP contribution < -0.4 is 0 Å². The summed E-state index contributed by atoms with van der Waals surface area (Å²) in [6, 6.07) is 20.5. The summed E-state index contributed by atoms with van der Waals surface area (Å²) in [5, 5.41) is 9.71. The minimum atomic E-state index is -0.556. The molecule has 3 aromatic carbocycles. The van der Waals surface area contributed by atoms with Crippen LogP contribution in [0.25, 0.3) is 10.6 Å². The molecule has 0 aliphatic rings. The van der Waals surface area contributed by atoms with E-state index in [-0.39, 0.29) is 0 Å². The van der Waals surface area contributed by atoms with E-state index in [0.29, 0.717) is 0 Å². The van der Waals surface area contributed by atoms with E-state index >= 15 is 0 Å². The van der Waals surface area contributed by atoms with Crippen LogP contribution in [0.5, 0.6) is 0 Å². The molecule has 0 radical (unpaired) electrons. The van der Waals surface area contributed by atoms with Crippen molar-refractivity contribution in [3.05, 3.63) is 93.6 Å². The molecule has 3 rings (SSSR count). The Bertz CT molecular complexity index is 825. The first-order valence-corrected chi connectivity index (χ1v) is 12.9. The Kier molecular flexibility index (Phi) is 8.72. The van der Waals surface area contributed by atoms with Crippen LogP contribution in [-0.2, 0) is 17.0 Å². The summed E-state index contributed by atoms with van der Waals surface area (Å²) in [4.78, 5) is 0. The number of para-hydroxylation sites is 2. The molecule has 0 amide bonds. The van der Waals surface area contributed by atoms with Gasteiger partial charge in [0, 0.05) is 0 Å². The van der Waals surface area contributed by atoms with Crippen molar-refractivity contribution in [2.75, 3.05) is 0 Å². The molecular formula is C22H22Cl2N2Ti-2. The Hall–Kier alpha value is -1.45. The molecule has 0 aliphatic heterocycles. The van der Waals surface area contributed by atoms with Gasteiger partial charge in [-0.25, -0.2) is 0 Å². The molecule has 2 nitrogen and oxygen atoms in total. The van der Waals surface area contributed by atoms with Gasteiger partial charge in [-0.1, -0.05) is 71.8 Å². The molecule has 0 aliphatic carbocycles. The molecule has 0 spiro atoms. The van der Waals surface area contributed by atoms with E-state index in [1.54, 1.807) is 0 Å². The maximum atomic E-state index is 4.89. The monoisotopic (exact) mass is 432 g/mol. The molecule has 0 unspecified atom stereocenters. The second-order valence-electron chi connectivity index (χ2n) is 6.22. The molecule has 0 aromatic heterocycles. The predicted octanol–water partition coefficient (Wildman–Crippen LogP) is 8.97. The van der Waals surface area contributed by atoms with Crippen molar-refractivity contribution >= 4 is 41.4 Å². The zero-order chi connectivity index (χ0) is 19.8. The van der Waals surface area contributed by atoms with Gasteiger partial charge < -0.3 is 10.6 Å². The summed E-state index contributed by atoms with van der Waals surface area (Å²) < 4.78 is 0. The van der Waals surface area contributed by atoms with Crippen LogP contribution in [0.1, 0.15) is 22.3 Å². The van der Waals surface area contributed by atoms with Gasteiger partial charge in [0.25, 0.3) is 0 Å². The predicted molar refractivity (Wildman–Crippen MR) is 115 cm³/mol. The van der Waals surface area contributed by atoms with Crippen LogP contribution in [0.4, 0.5) is 22.7 Å². The van der Waals surface area contributed by atoms with Crippen molar-refractivity contribution in [2.24, 2.45) is 0 Å². The standard InChI is InChI=1S/C22H22N2.2ClH.Ti/c1-15-9-7-13-19(17(15)3)23-21-11-5-6-12-22(21)24-20-14-8-10-16(2)18(20)4;;;/h5-14H,1-4H3;2*1H;/q-2;;;+2/p-2. The van der Waals surface area contributed by atoms with Gasteiger partial charge in [-0.15, -0.1) is 11.4 Å². The van der Waals surface area contributed by atoms with Crippen LogP contribution in [0, 0.1) is 27.7 Å². The number of aryl methyl sites for hydroxylation is 2. The second kappa shape index (κ2) is 10.8. The van der Waals surface area contributed by atoms with Crippen molar-refractivity contribution in [1.82, 2.24) is 0 Å². The Morgan fingerprint density at radius 3 is 1.26 bits per heavy atom. The summed E-state index contributed by atoms with van der Waals surface area (Å²) >= 11 is -0.556. The first kappa shape index (κ1) is 21.8. The Morgan fingerprint density at radius 1 is 0.556 bits per heavy atom. The Balaban J connectivity index is 0.000000817. The molecule has 0 saturated heterocycles. The van der Waals surface area contributed by atoms with Crippen molar-refractivity contribution in [3.63, 3.8) is 0 Å². The third kappa shape index (κ3) is 6.02. The van der Waals surface area contributed by atoms with Crippen LogP contribution >= 0.6 is 18.6 Å². The fraction of sp³-hybridized carbons (Fsp3) is 0.182. The van der Waals surface area contributed by atoms with Crippen molar-refractivity contribution < 1.29 is 17.0 Å². The van der Waals surface area contributed by atoms with Crippen molar-refractivity contribution in [1.29, 1.82) is 0 Å². The Morgan fingerprint density at radius 2 is 0.889 bits per heavy atom. The van der Waals surface area contributed by atoms with E-state index in [0.717, 1.165) is 22.7 Å². The molecule has 5 heteroatoms. The van der Waals surface area contributed by atoms with Gasteiger partial charge in [0.1, 0.15) is 0 Å². The molecule has 27 heavy (non-hydrogen) atoms. The molecule has 0 N–H and O–H groups in total. The summed E-state index contributed by atoms with van der Waals surface area (Å²) in [6.07, 6.45) is 0. The third-order valence-electron chi connectivity index (χ3n) is 4.52. The average Bonchev–Trinajstić information content (AvgIpc) is 2.65. The van der Waals surface area contributed by atoms with Crippen molar-refractivity contribution in [2.45, 2.75) is 27.7 Å². The minimum absolute atomic E-state index is 0.556. The van der Waals surface area contributed by atoms with Gasteiger partial charge >= 0.3 is 35.6 Å². The fourth-order valence-electron chi connectivity index (χ4n) is 2.63. The number of benzene rings is 3. The third-order valence-corrected chi connectivity index (χ3v) is 4.52. The topological polar surface area (TPSA) is 28.2 Å². The van der Waals surface area contributed by atoms with Gasteiger partial charge in [0.15, 0.2) is 0 Å². The summed E-state index contributed by atoms with van der Waals surface area (Å²) in [5.74, 6) is 0. The number of hydrogen-bond donors (Lipinski definition) is 0. The van der Waals surface area contributed by atoms with Gasteiger partial charge in [-0.05, 0) is 38.8 Å². The van der Waals surface area contributed by atoms with Crippen LogP contribution in [0.3, 0.4) is 0 Å². The molecule has 0 bridgehead atoms. The number of nitrogens with zero attached hydrogens (tertiary/aromatic N) is 2. The molecular weight excluding hydrogens is 411 g/mol. The molecule has 3 aromatic rings.